The molecule has 0 aromatic carbocycles. The predicted molar refractivity (Wildman–Crippen MR) is 99.5 cm³/mol. The minimum absolute atomic E-state index is 0.102. The summed E-state index contributed by atoms with van der Waals surface area (Å²) < 4.78 is 11.7. The molecule has 1 heterocycles. The van der Waals surface area contributed by atoms with E-state index in [4.69, 9.17) is 9.47 Å². The molecule has 6 atom stereocenters. The second-order valence-electron chi connectivity index (χ2n) is 8.62. The lowest BCUT2D eigenvalue weighted by atomic mass is 9.68. The van der Waals surface area contributed by atoms with Crippen LogP contribution in [0.25, 0.3) is 0 Å². The van der Waals surface area contributed by atoms with E-state index in [0.29, 0.717) is 17.8 Å². The molecule has 3 aliphatic rings. The Morgan fingerprint density at radius 2 is 2.08 bits per heavy atom. The fourth-order valence-electron chi connectivity index (χ4n) is 5.53. The van der Waals surface area contributed by atoms with Crippen LogP contribution in [0.4, 0.5) is 0 Å². The molecule has 25 heavy (non-hydrogen) atoms. The van der Waals surface area contributed by atoms with E-state index < -0.39 is 0 Å². The maximum Gasteiger partial charge on any atom is 0.0911 e. The molecule has 1 aliphatic heterocycles. The number of fused-ring (bicyclic) bond motifs is 2. The summed E-state index contributed by atoms with van der Waals surface area (Å²) in [5.74, 6) is 2.33. The van der Waals surface area contributed by atoms with Gasteiger partial charge in [-0.3, -0.25) is 0 Å². The van der Waals surface area contributed by atoms with Crippen molar-refractivity contribution in [3.8, 4) is 6.07 Å². The first-order valence-electron chi connectivity index (χ1n) is 9.52. The molecule has 0 radical (unpaired) electrons. The van der Waals surface area contributed by atoms with Crippen molar-refractivity contribution in [2.45, 2.75) is 58.2 Å². The van der Waals surface area contributed by atoms with E-state index >= 15 is 0 Å². The summed E-state index contributed by atoms with van der Waals surface area (Å²) in [5, 5.41) is 9.42. The van der Waals surface area contributed by atoms with Gasteiger partial charge in [0, 0.05) is 17.9 Å². The normalized spacial score (nSPS) is 41.9. The molecule has 3 nitrogen and oxygen atoms in total. The maximum atomic E-state index is 9.42. The number of methoxy groups -OCH3 is 1. The molecular formula is C22H31NO2. The Morgan fingerprint density at radius 3 is 2.76 bits per heavy atom. The van der Waals surface area contributed by atoms with Crippen LogP contribution in [-0.2, 0) is 9.47 Å². The fraction of sp³-hybridized carbons (Fsp3) is 0.682. The molecular weight excluding hydrogens is 310 g/mol. The van der Waals surface area contributed by atoms with E-state index in [2.05, 4.69) is 39.5 Å². The van der Waals surface area contributed by atoms with Crippen molar-refractivity contribution in [2.24, 2.45) is 29.6 Å². The van der Waals surface area contributed by atoms with Crippen LogP contribution in [0.1, 0.15) is 46.5 Å². The molecule has 0 spiro atoms. The first-order valence-corrected chi connectivity index (χ1v) is 9.52. The summed E-state index contributed by atoms with van der Waals surface area (Å²) in [4.78, 5) is 0. The molecule has 0 unspecified atom stereocenters. The molecule has 0 aromatic rings. The van der Waals surface area contributed by atoms with Crippen LogP contribution in [-0.4, -0.2) is 18.8 Å². The molecule has 3 heteroatoms. The first kappa shape index (κ1) is 18.3. The van der Waals surface area contributed by atoms with Crippen LogP contribution < -0.4 is 0 Å². The highest BCUT2D eigenvalue weighted by Crippen LogP contribution is 2.54. The van der Waals surface area contributed by atoms with Crippen LogP contribution in [0, 0.1) is 40.9 Å². The van der Waals surface area contributed by atoms with Gasteiger partial charge in [0.2, 0.25) is 0 Å². The van der Waals surface area contributed by atoms with Crippen molar-refractivity contribution in [3.63, 3.8) is 0 Å². The lowest BCUT2D eigenvalue weighted by Gasteiger charge is -2.35. The van der Waals surface area contributed by atoms with Crippen LogP contribution >= 0.6 is 0 Å². The Hall–Kier alpha value is -1.53. The van der Waals surface area contributed by atoms with Gasteiger partial charge in [-0.15, -0.1) is 0 Å². The van der Waals surface area contributed by atoms with Crippen LogP contribution in [0.15, 0.2) is 36.1 Å². The summed E-state index contributed by atoms with van der Waals surface area (Å²) in [7, 11) is 1.67. The smallest absolute Gasteiger partial charge is 0.0911 e. The molecule has 2 saturated carbocycles. The third-order valence-corrected chi connectivity index (χ3v) is 6.79. The third-order valence-electron chi connectivity index (χ3n) is 6.79. The minimum atomic E-state index is -0.274. The molecule has 1 saturated heterocycles. The quantitative estimate of drug-likeness (QED) is 0.402. The van der Waals surface area contributed by atoms with Gasteiger partial charge in [-0.25, -0.2) is 0 Å². The van der Waals surface area contributed by atoms with E-state index in [0.717, 1.165) is 12.8 Å². The van der Waals surface area contributed by atoms with E-state index in [-0.39, 0.29) is 23.5 Å². The Balaban J connectivity index is 2.02. The van der Waals surface area contributed by atoms with E-state index in [1.165, 1.54) is 24.0 Å². The second-order valence-corrected chi connectivity index (χ2v) is 8.62. The Labute approximate surface area is 152 Å². The Kier molecular flexibility index (Phi) is 5.11. The van der Waals surface area contributed by atoms with E-state index in [1.807, 2.05) is 0 Å². The summed E-state index contributed by atoms with van der Waals surface area (Å²) >= 11 is 0. The van der Waals surface area contributed by atoms with Crippen molar-refractivity contribution in [2.75, 3.05) is 7.11 Å². The summed E-state index contributed by atoms with van der Waals surface area (Å²) in [5.41, 5.74) is 2.34. The first-order chi connectivity index (χ1) is 11.9. The van der Waals surface area contributed by atoms with Crippen molar-refractivity contribution >= 4 is 0 Å². The molecule has 3 rings (SSSR count). The highest BCUT2D eigenvalue weighted by Gasteiger charge is 2.52. The highest BCUT2D eigenvalue weighted by molar-refractivity contribution is 5.28. The van der Waals surface area contributed by atoms with Crippen molar-refractivity contribution in [1.82, 2.24) is 0 Å². The topological polar surface area (TPSA) is 42.2 Å². The largest absolute Gasteiger partial charge is 0.505 e. The summed E-state index contributed by atoms with van der Waals surface area (Å²) in [6, 6.07) is 2.31. The van der Waals surface area contributed by atoms with Crippen molar-refractivity contribution in [1.29, 1.82) is 5.26 Å². The number of ether oxygens (including phenoxy) is 2. The zero-order valence-electron chi connectivity index (χ0n) is 16.0. The third kappa shape index (κ3) is 3.29. The SMILES string of the molecule is C=C1C[C@@H]2OC(C)(C)[C@H](/C=C/OC)[C@H]2/C(=C/C#N)C[C@H]2[C@H](C)CC[C@@H]12. The summed E-state index contributed by atoms with van der Waals surface area (Å²) in [6.07, 6.45) is 10.2. The Bertz CT molecular complexity index is 624. The van der Waals surface area contributed by atoms with Crippen LogP contribution in [0.3, 0.4) is 0 Å². The molecule has 0 bridgehead atoms. The number of allylic oxidation sites excluding steroid dienone is 1. The minimum Gasteiger partial charge on any atom is -0.505 e. The lowest BCUT2D eigenvalue weighted by Crippen LogP contribution is -2.31. The Morgan fingerprint density at radius 1 is 1.32 bits per heavy atom. The van der Waals surface area contributed by atoms with Gasteiger partial charge >= 0.3 is 0 Å². The average Bonchev–Trinajstić information content (AvgIpc) is 3.01. The number of nitriles is 1. The highest BCUT2D eigenvalue weighted by atomic mass is 16.5. The summed E-state index contributed by atoms with van der Waals surface area (Å²) in [6.45, 7) is 11.1. The van der Waals surface area contributed by atoms with E-state index in [9.17, 15) is 5.26 Å². The lowest BCUT2D eigenvalue weighted by molar-refractivity contribution is -0.0285. The van der Waals surface area contributed by atoms with Gasteiger partial charge in [0.25, 0.3) is 0 Å². The van der Waals surface area contributed by atoms with E-state index in [1.54, 1.807) is 19.4 Å². The van der Waals surface area contributed by atoms with Gasteiger partial charge in [-0.2, -0.15) is 5.26 Å². The molecule has 0 N–H and O–H groups in total. The number of rotatable bonds is 2. The molecule has 0 aromatic heterocycles. The molecule has 2 aliphatic carbocycles. The average molecular weight is 341 g/mol. The maximum absolute atomic E-state index is 9.42. The second kappa shape index (κ2) is 7.00. The monoisotopic (exact) mass is 341 g/mol. The predicted octanol–water partition coefficient (Wildman–Crippen LogP) is 5.02. The van der Waals surface area contributed by atoms with Crippen LogP contribution in [0.5, 0.6) is 0 Å². The van der Waals surface area contributed by atoms with Gasteiger partial charge in [-0.05, 0) is 63.4 Å². The molecule has 3 fully saturated rings. The zero-order valence-corrected chi connectivity index (χ0v) is 16.0. The van der Waals surface area contributed by atoms with Gasteiger partial charge in [0.15, 0.2) is 0 Å². The van der Waals surface area contributed by atoms with Gasteiger partial charge < -0.3 is 9.47 Å². The molecule has 136 valence electrons. The van der Waals surface area contributed by atoms with Gasteiger partial charge in [-0.1, -0.05) is 24.6 Å². The number of hydrogen-bond donors (Lipinski definition) is 0. The van der Waals surface area contributed by atoms with Crippen molar-refractivity contribution in [3.05, 3.63) is 36.1 Å². The molecule has 0 amide bonds. The number of nitrogens with zero attached hydrogens (tertiary/aromatic N) is 1. The van der Waals surface area contributed by atoms with Crippen LogP contribution in [0.2, 0.25) is 0 Å². The van der Waals surface area contributed by atoms with Crippen molar-refractivity contribution < 1.29 is 9.47 Å². The number of hydrogen-bond acceptors (Lipinski definition) is 3. The standard InChI is InChI=1S/C22H31NO2/c1-14-6-7-17-15(2)12-20-21(16(8-10-23)13-18(14)17)19(9-11-24-5)22(3,4)25-20/h8-9,11,14,17-21H,2,6-7,12-13H2,1,3-5H3/b11-9+,16-8+/t14-,17+,18+,19-,20+,21-/m1/s1. The zero-order chi connectivity index (χ0) is 18.2. The fourth-order valence-corrected chi connectivity index (χ4v) is 5.53. The van der Waals surface area contributed by atoms with Gasteiger partial charge in [0.1, 0.15) is 0 Å². The van der Waals surface area contributed by atoms with Gasteiger partial charge in [0.05, 0.1) is 31.1 Å².